The van der Waals surface area contributed by atoms with Crippen molar-refractivity contribution in [3.8, 4) is 5.69 Å². The molecule has 3 aromatic rings. The number of nitrogens with zero attached hydrogens (tertiary/aromatic N) is 3. The Bertz CT molecular complexity index is 1110. The highest BCUT2D eigenvalue weighted by Gasteiger charge is 2.24. The maximum Gasteiger partial charge on any atom is 0.272 e. The van der Waals surface area contributed by atoms with Gasteiger partial charge in [-0.3, -0.25) is 19.7 Å². The molecule has 0 aliphatic rings. The topological polar surface area (TPSA) is 119 Å². The molecule has 9 nitrogen and oxygen atoms in total. The highest BCUT2D eigenvalue weighted by Crippen LogP contribution is 2.18. The standard InChI is InChI=1S/C19H15F2N5O4/c1-22-19(28)17(11-2-7-14(20)15(21)10-11)23-18(27)16-8-9-25(24-16)12-3-5-13(6-4-12)26(29)30/h2-10,17H,1H3,(H,22,28)(H,23,27). The van der Waals surface area contributed by atoms with E-state index in [9.17, 15) is 28.5 Å². The molecule has 1 unspecified atom stereocenters. The molecule has 0 fully saturated rings. The fourth-order valence-electron chi connectivity index (χ4n) is 2.66. The summed E-state index contributed by atoms with van der Waals surface area (Å²) in [7, 11) is 1.34. The van der Waals surface area contributed by atoms with Gasteiger partial charge in [0.25, 0.3) is 11.6 Å². The Hall–Kier alpha value is -4.15. The summed E-state index contributed by atoms with van der Waals surface area (Å²) in [4.78, 5) is 34.9. The van der Waals surface area contributed by atoms with Gasteiger partial charge in [-0.2, -0.15) is 5.10 Å². The van der Waals surface area contributed by atoms with Gasteiger partial charge in [-0.1, -0.05) is 6.07 Å². The average molecular weight is 415 g/mol. The lowest BCUT2D eigenvalue weighted by molar-refractivity contribution is -0.384. The third-order valence-electron chi connectivity index (χ3n) is 4.21. The molecule has 1 heterocycles. The molecule has 0 saturated heterocycles. The largest absolute Gasteiger partial charge is 0.357 e. The van der Waals surface area contributed by atoms with Crippen LogP contribution in [0.4, 0.5) is 14.5 Å². The van der Waals surface area contributed by atoms with Gasteiger partial charge in [-0.25, -0.2) is 13.5 Å². The number of halogens is 2. The molecule has 2 aromatic carbocycles. The van der Waals surface area contributed by atoms with Crippen molar-refractivity contribution in [2.24, 2.45) is 0 Å². The minimum absolute atomic E-state index is 0.0511. The number of hydrogen-bond donors (Lipinski definition) is 2. The molecule has 1 aromatic heterocycles. The van der Waals surface area contributed by atoms with E-state index < -0.39 is 34.4 Å². The molecular weight excluding hydrogens is 400 g/mol. The van der Waals surface area contributed by atoms with E-state index >= 15 is 0 Å². The molecule has 30 heavy (non-hydrogen) atoms. The number of nitrogens with one attached hydrogen (secondary N) is 2. The van der Waals surface area contributed by atoms with Gasteiger partial charge in [0.15, 0.2) is 17.3 Å². The van der Waals surface area contributed by atoms with Gasteiger partial charge < -0.3 is 10.6 Å². The third kappa shape index (κ3) is 4.29. The molecule has 0 radical (unpaired) electrons. The van der Waals surface area contributed by atoms with Gasteiger partial charge in [0, 0.05) is 25.4 Å². The fourth-order valence-corrected chi connectivity index (χ4v) is 2.66. The molecule has 1 atom stereocenters. The van der Waals surface area contributed by atoms with Crippen molar-refractivity contribution in [2.75, 3.05) is 7.05 Å². The first-order chi connectivity index (χ1) is 14.3. The normalized spacial score (nSPS) is 11.6. The molecule has 0 aliphatic heterocycles. The van der Waals surface area contributed by atoms with Crippen LogP contribution in [0.5, 0.6) is 0 Å². The van der Waals surface area contributed by atoms with Crippen molar-refractivity contribution in [1.82, 2.24) is 20.4 Å². The molecule has 3 rings (SSSR count). The van der Waals surface area contributed by atoms with Crippen LogP contribution in [-0.2, 0) is 4.79 Å². The summed E-state index contributed by atoms with van der Waals surface area (Å²) in [5, 5.41) is 19.6. The van der Waals surface area contributed by atoms with E-state index in [0.29, 0.717) is 5.69 Å². The number of amides is 2. The fraction of sp³-hybridized carbons (Fsp3) is 0.105. The van der Waals surface area contributed by atoms with Gasteiger partial charge in [-0.05, 0) is 35.9 Å². The zero-order valence-corrected chi connectivity index (χ0v) is 15.5. The van der Waals surface area contributed by atoms with Crippen LogP contribution in [0.25, 0.3) is 5.69 Å². The lowest BCUT2D eigenvalue weighted by Gasteiger charge is -2.17. The summed E-state index contributed by atoms with van der Waals surface area (Å²) in [6.45, 7) is 0. The maximum atomic E-state index is 13.6. The van der Waals surface area contributed by atoms with Gasteiger partial charge in [-0.15, -0.1) is 0 Å². The van der Waals surface area contributed by atoms with Crippen LogP contribution in [0.2, 0.25) is 0 Å². The number of carbonyl (C=O) groups excluding carboxylic acids is 2. The van der Waals surface area contributed by atoms with Crippen LogP contribution in [0.15, 0.2) is 54.7 Å². The van der Waals surface area contributed by atoms with Crippen LogP contribution in [0.1, 0.15) is 22.1 Å². The second-order valence-electron chi connectivity index (χ2n) is 6.11. The summed E-state index contributed by atoms with van der Waals surface area (Å²) < 4.78 is 28.1. The summed E-state index contributed by atoms with van der Waals surface area (Å²) >= 11 is 0. The number of likely N-dealkylation sites (N-methyl/N-ethyl adjacent to an activating group) is 1. The van der Waals surface area contributed by atoms with Crippen molar-refractivity contribution in [3.63, 3.8) is 0 Å². The monoisotopic (exact) mass is 415 g/mol. The Labute approximate surface area is 168 Å². The molecule has 0 bridgehead atoms. The number of aromatic nitrogens is 2. The van der Waals surface area contributed by atoms with E-state index in [1.807, 2.05) is 0 Å². The number of nitro groups is 1. The van der Waals surface area contributed by atoms with Crippen molar-refractivity contribution in [2.45, 2.75) is 6.04 Å². The molecule has 0 saturated carbocycles. The predicted molar refractivity (Wildman–Crippen MR) is 101 cm³/mol. The van der Waals surface area contributed by atoms with E-state index in [4.69, 9.17) is 0 Å². The molecule has 0 aliphatic carbocycles. The second kappa shape index (κ2) is 8.47. The molecule has 2 N–H and O–H groups in total. The molecule has 154 valence electrons. The third-order valence-corrected chi connectivity index (χ3v) is 4.21. The van der Waals surface area contributed by atoms with Crippen molar-refractivity contribution >= 4 is 17.5 Å². The first-order valence-corrected chi connectivity index (χ1v) is 8.58. The Morgan fingerprint density at radius 2 is 1.80 bits per heavy atom. The summed E-state index contributed by atoms with van der Waals surface area (Å²) in [5.41, 5.74) is 0.383. The summed E-state index contributed by atoms with van der Waals surface area (Å²) in [6.07, 6.45) is 1.46. The molecule has 2 amide bonds. The summed E-state index contributed by atoms with van der Waals surface area (Å²) in [6, 6.07) is 8.48. The zero-order valence-electron chi connectivity index (χ0n) is 15.5. The van der Waals surface area contributed by atoms with E-state index in [0.717, 1.165) is 12.1 Å². The molecule has 11 heteroatoms. The lowest BCUT2D eigenvalue weighted by Crippen LogP contribution is -2.39. The Morgan fingerprint density at radius 3 is 2.40 bits per heavy atom. The number of non-ortho nitro benzene ring substituents is 1. The number of nitro benzene ring substituents is 1. The quantitative estimate of drug-likeness (QED) is 0.473. The van der Waals surface area contributed by atoms with Crippen LogP contribution in [0, 0.1) is 21.7 Å². The van der Waals surface area contributed by atoms with Crippen LogP contribution in [0.3, 0.4) is 0 Å². The van der Waals surface area contributed by atoms with Crippen molar-refractivity contribution < 1.29 is 23.3 Å². The van der Waals surface area contributed by atoms with Crippen LogP contribution >= 0.6 is 0 Å². The minimum Gasteiger partial charge on any atom is -0.357 e. The minimum atomic E-state index is -1.28. The van der Waals surface area contributed by atoms with Crippen molar-refractivity contribution in [1.29, 1.82) is 0 Å². The van der Waals surface area contributed by atoms with Gasteiger partial charge in [0.05, 0.1) is 10.6 Å². The van der Waals surface area contributed by atoms with E-state index in [2.05, 4.69) is 15.7 Å². The van der Waals surface area contributed by atoms with Gasteiger partial charge in [0.1, 0.15) is 6.04 Å². The van der Waals surface area contributed by atoms with E-state index in [-0.39, 0.29) is 16.9 Å². The Morgan fingerprint density at radius 1 is 1.10 bits per heavy atom. The highest BCUT2D eigenvalue weighted by molar-refractivity contribution is 5.96. The van der Waals surface area contributed by atoms with Gasteiger partial charge in [0.2, 0.25) is 5.91 Å². The average Bonchev–Trinajstić information content (AvgIpc) is 3.24. The highest BCUT2D eigenvalue weighted by atomic mass is 19.2. The van der Waals surface area contributed by atoms with E-state index in [1.54, 1.807) is 0 Å². The Balaban J connectivity index is 1.82. The van der Waals surface area contributed by atoms with Gasteiger partial charge >= 0.3 is 0 Å². The predicted octanol–water partition coefficient (Wildman–Crippen LogP) is 2.28. The van der Waals surface area contributed by atoms with Crippen LogP contribution < -0.4 is 10.6 Å². The van der Waals surface area contributed by atoms with Crippen LogP contribution in [-0.4, -0.2) is 33.6 Å². The first kappa shape index (κ1) is 20.6. The number of rotatable bonds is 6. The summed E-state index contributed by atoms with van der Waals surface area (Å²) in [5.74, 6) is -3.60. The van der Waals surface area contributed by atoms with Crippen molar-refractivity contribution in [3.05, 3.63) is 87.7 Å². The number of hydrogen-bond acceptors (Lipinski definition) is 5. The molecular formula is C19H15F2N5O4. The smallest absolute Gasteiger partial charge is 0.272 e. The number of carbonyl (C=O) groups is 2. The maximum absolute atomic E-state index is 13.6. The first-order valence-electron chi connectivity index (χ1n) is 8.58. The molecule has 0 spiro atoms. The second-order valence-corrected chi connectivity index (χ2v) is 6.11. The lowest BCUT2D eigenvalue weighted by atomic mass is 10.1. The van der Waals surface area contributed by atoms with E-state index in [1.165, 1.54) is 54.3 Å². The Kier molecular flexibility index (Phi) is 5.81. The number of benzene rings is 2. The SMILES string of the molecule is CNC(=O)C(NC(=O)c1ccn(-c2ccc([N+](=O)[O-])cc2)n1)c1ccc(F)c(F)c1. The zero-order chi connectivity index (χ0) is 21.8.